The van der Waals surface area contributed by atoms with E-state index in [4.69, 9.17) is 0 Å². The third kappa shape index (κ3) is 4.82. The van der Waals surface area contributed by atoms with Gasteiger partial charge in [-0.3, -0.25) is 0 Å². The van der Waals surface area contributed by atoms with Crippen LogP contribution in [0.4, 0.5) is 0 Å². The molecule has 1 atom stereocenters. The summed E-state index contributed by atoms with van der Waals surface area (Å²) in [6.45, 7) is 4.26. The fraction of sp³-hybridized carbons (Fsp3) is 0.471. The van der Waals surface area contributed by atoms with Crippen molar-refractivity contribution in [2.75, 3.05) is 6.54 Å². The highest BCUT2D eigenvalue weighted by Crippen LogP contribution is 2.22. The van der Waals surface area contributed by atoms with Crippen molar-refractivity contribution in [1.29, 1.82) is 0 Å². The van der Waals surface area contributed by atoms with E-state index in [1.165, 1.54) is 31.2 Å². The standard InChI is InChI=1S/C17H25N3/c1-2-7-16(17-19-12-13-20-17)10-6-11-18-14-15-8-4-3-5-9-15/h3-5,8-9,12-13,16,18H,2,6-7,10-11,14H2,1H3,(H,19,20). The second-order valence-corrected chi connectivity index (χ2v) is 5.26. The summed E-state index contributed by atoms with van der Waals surface area (Å²) >= 11 is 0. The molecule has 0 radical (unpaired) electrons. The number of imidazole rings is 1. The van der Waals surface area contributed by atoms with E-state index >= 15 is 0 Å². The molecule has 1 aromatic carbocycles. The number of aromatic amines is 1. The van der Waals surface area contributed by atoms with Gasteiger partial charge < -0.3 is 10.3 Å². The molecule has 0 saturated heterocycles. The zero-order chi connectivity index (χ0) is 14.0. The molecule has 1 aromatic heterocycles. The van der Waals surface area contributed by atoms with Crippen molar-refractivity contribution in [2.24, 2.45) is 0 Å². The van der Waals surface area contributed by atoms with Crippen LogP contribution in [0, 0.1) is 0 Å². The van der Waals surface area contributed by atoms with Gasteiger partial charge in [0.2, 0.25) is 0 Å². The van der Waals surface area contributed by atoms with Crippen LogP contribution in [0.1, 0.15) is 49.9 Å². The highest BCUT2D eigenvalue weighted by Gasteiger charge is 2.12. The van der Waals surface area contributed by atoms with Crippen LogP contribution in [0.3, 0.4) is 0 Å². The predicted molar refractivity (Wildman–Crippen MR) is 83.6 cm³/mol. The van der Waals surface area contributed by atoms with Crippen LogP contribution in [-0.4, -0.2) is 16.5 Å². The van der Waals surface area contributed by atoms with Crippen LogP contribution in [0.2, 0.25) is 0 Å². The molecule has 0 saturated carbocycles. The molecule has 3 nitrogen and oxygen atoms in total. The Bertz CT molecular complexity index is 450. The molecule has 3 heteroatoms. The molecule has 2 aromatic rings. The van der Waals surface area contributed by atoms with Crippen LogP contribution < -0.4 is 5.32 Å². The molecule has 1 unspecified atom stereocenters. The second-order valence-electron chi connectivity index (χ2n) is 5.26. The van der Waals surface area contributed by atoms with Gasteiger partial charge >= 0.3 is 0 Å². The first-order chi connectivity index (χ1) is 9.90. The van der Waals surface area contributed by atoms with E-state index in [-0.39, 0.29) is 0 Å². The van der Waals surface area contributed by atoms with Crippen LogP contribution in [-0.2, 0) is 6.54 Å². The van der Waals surface area contributed by atoms with E-state index in [0.29, 0.717) is 5.92 Å². The smallest absolute Gasteiger partial charge is 0.109 e. The maximum Gasteiger partial charge on any atom is 0.109 e. The lowest BCUT2D eigenvalue weighted by molar-refractivity contribution is 0.507. The monoisotopic (exact) mass is 271 g/mol. The number of rotatable bonds is 9. The molecule has 2 N–H and O–H groups in total. The van der Waals surface area contributed by atoms with Gasteiger partial charge in [0.25, 0.3) is 0 Å². The van der Waals surface area contributed by atoms with Crippen molar-refractivity contribution in [3.05, 3.63) is 54.1 Å². The van der Waals surface area contributed by atoms with Crippen molar-refractivity contribution >= 4 is 0 Å². The highest BCUT2D eigenvalue weighted by atomic mass is 14.9. The first-order valence-corrected chi connectivity index (χ1v) is 7.64. The summed E-state index contributed by atoms with van der Waals surface area (Å²) in [5, 5.41) is 3.51. The highest BCUT2D eigenvalue weighted by molar-refractivity contribution is 5.14. The lowest BCUT2D eigenvalue weighted by atomic mass is 9.97. The van der Waals surface area contributed by atoms with Gasteiger partial charge in [0.1, 0.15) is 5.82 Å². The van der Waals surface area contributed by atoms with Crippen LogP contribution in [0.15, 0.2) is 42.7 Å². The summed E-state index contributed by atoms with van der Waals surface area (Å²) in [6.07, 6.45) is 8.59. The summed E-state index contributed by atoms with van der Waals surface area (Å²) in [5.74, 6) is 1.73. The Kier molecular flexibility index (Phi) is 6.32. The number of benzene rings is 1. The Morgan fingerprint density at radius 1 is 1.20 bits per heavy atom. The lowest BCUT2D eigenvalue weighted by Gasteiger charge is -2.13. The van der Waals surface area contributed by atoms with Crippen LogP contribution in [0.5, 0.6) is 0 Å². The first kappa shape index (κ1) is 14.8. The summed E-state index contributed by atoms with van der Waals surface area (Å²) in [7, 11) is 0. The Labute approximate surface area is 121 Å². The molecular weight excluding hydrogens is 246 g/mol. The van der Waals surface area contributed by atoms with Gasteiger partial charge in [0.15, 0.2) is 0 Å². The molecule has 2 rings (SSSR count). The van der Waals surface area contributed by atoms with Crippen molar-refractivity contribution in [2.45, 2.75) is 45.1 Å². The Hall–Kier alpha value is -1.61. The fourth-order valence-electron chi connectivity index (χ4n) is 2.57. The number of H-pyrrole nitrogens is 1. The van der Waals surface area contributed by atoms with Gasteiger partial charge in [-0.2, -0.15) is 0 Å². The summed E-state index contributed by atoms with van der Waals surface area (Å²) in [4.78, 5) is 7.66. The number of hydrogen-bond donors (Lipinski definition) is 2. The summed E-state index contributed by atoms with van der Waals surface area (Å²) in [5.41, 5.74) is 1.35. The third-order valence-corrected chi connectivity index (χ3v) is 3.62. The van der Waals surface area contributed by atoms with Gasteiger partial charge in [-0.1, -0.05) is 43.7 Å². The predicted octanol–water partition coefficient (Wildman–Crippen LogP) is 3.86. The normalized spacial score (nSPS) is 12.4. The van der Waals surface area contributed by atoms with E-state index in [1.807, 2.05) is 12.4 Å². The zero-order valence-corrected chi connectivity index (χ0v) is 12.3. The molecule has 0 fully saturated rings. The molecule has 108 valence electrons. The molecule has 1 heterocycles. The lowest BCUT2D eigenvalue weighted by Crippen LogP contribution is -2.15. The number of hydrogen-bond acceptors (Lipinski definition) is 2. The Morgan fingerprint density at radius 2 is 2.05 bits per heavy atom. The fourth-order valence-corrected chi connectivity index (χ4v) is 2.57. The van der Waals surface area contributed by atoms with Crippen molar-refractivity contribution in [3.8, 4) is 0 Å². The van der Waals surface area contributed by atoms with E-state index in [2.05, 4.69) is 52.5 Å². The Morgan fingerprint density at radius 3 is 2.75 bits per heavy atom. The third-order valence-electron chi connectivity index (χ3n) is 3.62. The van der Waals surface area contributed by atoms with Crippen molar-refractivity contribution in [1.82, 2.24) is 15.3 Å². The minimum Gasteiger partial charge on any atom is -0.348 e. The van der Waals surface area contributed by atoms with Crippen LogP contribution >= 0.6 is 0 Å². The maximum absolute atomic E-state index is 4.41. The molecule has 20 heavy (non-hydrogen) atoms. The van der Waals surface area contributed by atoms with Gasteiger partial charge in [0.05, 0.1) is 0 Å². The second kappa shape index (κ2) is 8.54. The number of nitrogens with zero attached hydrogens (tertiary/aromatic N) is 1. The van der Waals surface area contributed by atoms with E-state index in [1.54, 1.807) is 0 Å². The average Bonchev–Trinajstić information content (AvgIpc) is 3.01. The molecule has 0 amide bonds. The molecule has 0 aliphatic rings. The largest absolute Gasteiger partial charge is 0.348 e. The molecule has 0 spiro atoms. The molecule has 0 aliphatic carbocycles. The topological polar surface area (TPSA) is 40.7 Å². The van der Waals surface area contributed by atoms with E-state index in [9.17, 15) is 0 Å². The summed E-state index contributed by atoms with van der Waals surface area (Å²) < 4.78 is 0. The summed E-state index contributed by atoms with van der Waals surface area (Å²) in [6, 6.07) is 10.6. The van der Waals surface area contributed by atoms with E-state index in [0.717, 1.165) is 18.9 Å². The average molecular weight is 271 g/mol. The maximum atomic E-state index is 4.41. The van der Waals surface area contributed by atoms with Crippen LogP contribution in [0.25, 0.3) is 0 Å². The minimum absolute atomic E-state index is 0.577. The van der Waals surface area contributed by atoms with E-state index < -0.39 is 0 Å². The minimum atomic E-state index is 0.577. The van der Waals surface area contributed by atoms with Gasteiger partial charge in [-0.25, -0.2) is 4.98 Å². The number of nitrogens with one attached hydrogen (secondary N) is 2. The molecule has 0 aliphatic heterocycles. The number of aromatic nitrogens is 2. The molecule has 0 bridgehead atoms. The molecular formula is C17H25N3. The van der Waals surface area contributed by atoms with Crippen molar-refractivity contribution < 1.29 is 0 Å². The van der Waals surface area contributed by atoms with Gasteiger partial charge in [-0.05, 0) is 31.4 Å². The Balaban J connectivity index is 1.66. The van der Waals surface area contributed by atoms with Gasteiger partial charge in [0, 0.05) is 24.9 Å². The van der Waals surface area contributed by atoms with Crippen molar-refractivity contribution in [3.63, 3.8) is 0 Å². The quantitative estimate of drug-likeness (QED) is 0.680. The first-order valence-electron chi connectivity index (χ1n) is 7.64. The van der Waals surface area contributed by atoms with Gasteiger partial charge in [-0.15, -0.1) is 0 Å². The SMILES string of the molecule is CCCC(CCCNCc1ccccc1)c1ncc[nH]1. The zero-order valence-electron chi connectivity index (χ0n) is 12.3.